The topological polar surface area (TPSA) is 80.9 Å². The Balaban J connectivity index is 1.81. The van der Waals surface area contributed by atoms with Gasteiger partial charge in [-0.15, -0.1) is 0 Å². The molecule has 5 nitrogen and oxygen atoms in total. The van der Waals surface area contributed by atoms with Crippen molar-refractivity contribution in [3.8, 4) is 11.4 Å². The van der Waals surface area contributed by atoms with Crippen molar-refractivity contribution >= 4 is 5.91 Å². The fourth-order valence-corrected chi connectivity index (χ4v) is 2.53. The molecule has 0 saturated carbocycles. The van der Waals surface area contributed by atoms with Gasteiger partial charge < -0.3 is 11.1 Å². The zero-order valence-electron chi connectivity index (χ0n) is 13.9. The SMILES string of the molecule is NCCc1nc(-c2ccccc2)ncc1C(=O)NCc1ccccc1. The summed E-state index contributed by atoms with van der Waals surface area (Å²) in [6.07, 6.45) is 2.11. The van der Waals surface area contributed by atoms with E-state index in [-0.39, 0.29) is 5.91 Å². The fourth-order valence-electron chi connectivity index (χ4n) is 2.53. The molecule has 0 unspecified atom stereocenters. The van der Waals surface area contributed by atoms with Crippen molar-refractivity contribution in [2.24, 2.45) is 5.73 Å². The number of carbonyl (C=O) groups excluding carboxylic acids is 1. The molecule has 25 heavy (non-hydrogen) atoms. The molecule has 0 saturated heterocycles. The highest BCUT2D eigenvalue weighted by Crippen LogP contribution is 2.16. The average Bonchev–Trinajstić information content (AvgIpc) is 2.68. The van der Waals surface area contributed by atoms with E-state index in [4.69, 9.17) is 5.73 Å². The molecule has 0 fully saturated rings. The molecule has 0 atom stereocenters. The molecule has 126 valence electrons. The van der Waals surface area contributed by atoms with Crippen molar-refractivity contribution in [3.63, 3.8) is 0 Å². The molecule has 0 aliphatic heterocycles. The minimum absolute atomic E-state index is 0.188. The third-order valence-corrected chi connectivity index (χ3v) is 3.82. The standard InChI is InChI=1S/C20H20N4O/c21-12-11-18-17(20(25)23-13-15-7-3-1-4-8-15)14-22-19(24-18)16-9-5-2-6-10-16/h1-10,14H,11-13,21H2,(H,23,25). The van der Waals surface area contributed by atoms with Crippen LogP contribution in [0.5, 0.6) is 0 Å². The van der Waals surface area contributed by atoms with E-state index in [2.05, 4.69) is 15.3 Å². The van der Waals surface area contributed by atoms with Crippen LogP contribution >= 0.6 is 0 Å². The number of hydrogen-bond donors (Lipinski definition) is 2. The number of rotatable bonds is 6. The van der Waals surface area contributed by atoms with Crippen LogP contribution in [-0.4, -0.2) is 22.4 Å². The van der Waals surface area contributed by atoms with E-state index >= 15 is 0 Å². The van der Waals surface area contributed by atoms with Gasteiger partial charge in [0.25, 0.3) is 5.91 Å². The number of benzene rings is 2. The molecule has 0 aliphatic rings. The van der Waals surface area contributed by atoms with Gasteiger partial charge in [0, 0.05) is 24.7 Å². The molecule has 3 rings (SSSR count). The first kappa shape index (κ1) is 16.8. The maximum atomic E-state index is 12.5. The Kier molecular flexibility index (Phi) is 5.49. The van der Waals surface area contributed by atoms with E-state index < -0.39 is 0 Å². The van der Waals surface area contributed by atoms with Gasteiger partial charge in [-0.2, -0.15) is 0 Å². The number of amides is 1. The van der Waals surface area contributed by atoms with Crippen LogP contribution in [0.1, 0.15) is 21.6 Å². The minimum Gasteiger partial charge on any atom is -0.348 e. The Hall–Kier alpha value is -3.05. The van der Waals surface area contributed by atoms with E-state index in [0.29, 0.717) is 36.6 Å². The number of nitrogens with two attached hydrogens (primary N) is 1. The molecular weight excluding hydrogens is 312 g/mol. The first-order valence-corrected chi connectivity index (χ1v) is 8.21. The van der Waals surface area contributed by atoms with E-state index in [1.54, 1.807) is 6.20 Å². The summed E-state index contributed by atoms with van der Waals surface area (Å²) >= 11 is 0. The summed E-state index contributed by atoms with van der Waals surface area (Å²) < 4.78 is 0. The molecule has 0 spiro atoms. The Labute approximate surface area is 146 Å². The number of hydrogen-bond acceptors (Lipinski definition) is 4. The monoisotopic (exact) mass is 332 g/mol. The molecule has 3 aromatic rings. The zero-order valence-corrected chi connectivity index (χ0v) is 13.9. The molecule has 1 amide bonds. The predicted molar refractivity (Wildman–Crippen MR) is 97.8 cm³/mol. The van der Waals surface area contributed by atoms with Crippen LogP contribution in [-0.2, 0) is 13.0 Å². The second-order valence-corrected chi connectivity index (χ2v) is 5.63. The van der Waals surface area contributed by atoms with Gasteiger partial charge in [-0.05, 0) is 12.1 Å². The fraction of sp³-hybridized carbons (Fsp3) is 0.150. The lowest BCUT2D eigenvalue weighted by Gasteiger charge is -2.10. The summed E-state index contributed by atoms with van der Waals surface area (Å²) in [4.78, 5) is 21.4. The maximum absolute atomic E-state index is 12.5. The Morgan fingerprint density at radius 3 is 2.36 bits per heavy atom. The van der Waals surface area contributed by atoms with Gasteiger partial charge in [0.15, 0.2) is 5.82 Å². The molecule has 0 bridgehead atoms. The maximum Gasteiger partial charge on any atom is 0.254 e. The lowest BCUT2D eigenvalue weighted by Crippen LogP contribution is -2.25. The lowest BCUT2D eigenvalue weighted by molar-refractivity contribution is 0.0949. The summed E-state index contributed by atoms with van der Waals surface area (Å²) in [6, 6.07) is 19.5. The number of carbonyl (C=O) groups is 1. The van der Waals surface area contributed by atoms with Gasteiger partial charge in [0.2, 0.25) is 0 Å². The lowest BCUT2D eigenvalue weighted by atomic mass is 10.1. The summed E-state index contributed by atoms with van der Waals surface area (Å²) in [5, 5.41) is 2.91. The molecule has 2 aromatic carbocycles. The van der Waals surface area contributed by atoms with Crippen LogP contribution in [0, 0.1) is 0 Å². The Morgan fingerprint density at radius 2 is 1.68 bits per heavy atom. The third-order valence-electron chi connectivity index (χ3n) is 3.82. The molecule has 1 aromatic heterocycles. The molecule has 0 aliphatic carbocycles. The van der Waals surface area contributed by atoms with Crippen molar-refractivity contribution in [2.75, 3.05) is 6.54 Å². The van der Waals surface area contributed by atoms with Gasteiger partial charge in [0.05, 0.1) is 11.3 Å². The normalized spacial score (nSPS) is 10.4. The van der Waals surface area contributed by atoms with Crippen LogP contribution in [0.4, 0.5) is 0 Å². The van der Waals surface area contributed by atoms with Gasteiger partial charge in [-0.1, -0.05) is 60.7 Å². The Bertz CT molecular complexity index is 835. The minimum atomic E-state index is -0.188. The quantitative estimate of drug-likeness (QED) is 0.727. The van der Waals surface area contributed by atoms with E-state index in [0.717, 1.165) is 11.1 Å². The van der Waals surface area contributed by atoms with Crippen LogP contribution < -0.4 is 11.1 Å². The summed E-state index contributed by atoms with van der Waals surface area (Å²) in [6.45, 7) is 0.881. The first-order chi connectivity index (χ1) is 12.3. The predicted octanol–water partition coefficient (Wildman–Crippen LogP) is 2.57. The van der Waals surface area contributed by atoms with Crippen molar-refractivity contribution in [3.05, 3.63) is 83.7 Å². The molecule has 5 heteroatoms. The molecule has 0 radical (unpaired) electrons. The molecular formula is C20H20N4O. The molecule has 1 heterocycles. The summed E-state index contributed by atoms with van der Waals surface area (Å²) in [5.74, 6) is 0.413. The van der Waals surface area contributed by atoms with E-state index in [1.807, 2.05) is 60.7 Å². The van der Waals surface area contributed by atoms with Crippen LogP contribution in [0.15, 0.2) is 66.9 Å². The smallest absolute Gasteiger partial charge is 0.254 e. The highest BCUT2D eigenvalue weighted by Gasteiger charge is 2.14. The van der Waals surface area contributed by atoms with Gasteiger partial charge in [-0.25, -0.2) is 9.97 Å². The van der Waals surface area contributed by atoms with Crippen molar-refractivity contribution < 1.29 is 4.79 Å². The number of nitrogens with one attached hydrogen (secondary N) is 1. The van der Waals surface area contributed by atoms with Gasteiger partial charge in [-0.3, -0.25) is 4.79 Å². The van der Waals surface area contributed by atoms with Crippen molar-refractivity contribution in [1.82, 2.24) is 15.3 Å². The average molecular weight is 332 g/mol. The third kappa shape index (κ3) is 4.28. The van der Waals surface area contributed by atoms with E-state index in [9.17, 15) is 4.79 Å². The second kappa shape index (κ2) is 8.17. The largest absolute Gasteiger partial charge is 0.348 e. The zero-order chi connectivity index (χ0) is 17.5. The first-order valence-electron chi connectivity index (χ1n) is 8.21. The Morgan fingerprint density at radius 1 is 1.00 bits per heavy atom. The van der Waals surface area contributed by atoms with E-state index in [1.165, 1.54) is 0 Å². The highest BCUT2D eigenvalue weighted by molar-refractivity contribution is 5.95. The van der Waals surface area contributed by atoms with Crippen LogP contribution in [0.25, 0.3) is 11.4 Å². The second-order valence-electron chi connectivity index (χ2n) is 5.63. The summed E-state index contributed by atoms with van der Waals surface area (Å²) in [7, 11) is 0. The van der Waals surface area contributed by atoms with Crippen molar-refractivity contribution in [2.45, 2.75) is 13.0 Å². The number of aromatic nitrogens is 2. The van der Waals surface area contributed by atoms with Gasteiger partial charge >= 0.3 is 0 Å². The highest BCUT2D eigenvalue weighted by atomic mass is 16.1. The molecule has 3 N–H and O–H groups in total. The van der Waals surface area contributed by atoms with Crippen LogP contribution in [0.2, 0.25) is 0 Å². The summed E-state index contributed by atoms with van der Waals surface area (Å²) in [5.41, 5.74) is 8.79. The van der Waals surface area contributed by atoms with Crippen LogP contribution in [0.3, 0.4) is 0 Å². The van der Waals surface area contributed by atoms with Gasteiger partial charge in [0.1, 0.15) is 0 Å². The van der Waals surface area contributed by atoms with Crippen molar-refractivity contribution in [1.29, 1.82) is 0 Å². The number of nitrogens with zero attached hydrogens (tertiary/aromatic N) is 2.